The normalized spacial score (nSPS) is 16.4. The van der Waals surface area contributed by atoms with E-state index in [-0.39, 0.29) is 34.8 Å². The van der Waals surface area contributed by atoms with E-state index in [1.165, 1.54) is 12.1 Å². The van der Waals surface area contributed by atoms with Crippen molar-refractivity contribution in [3.05, 3.63) is 60.2 Å². The van der Waals surface area contributed by atoms with E-state index in [1.54, 1.807) is 50.3 Å². The van der Waals surface area contributed by atoms with Gasteiger partial charge < -0.3 is 19.9 Å². The molecule has 2 atom stereocenters. The van der Waals surface area contributed by atoms with Crippen molar-refractivity contribution in [2.24, 2.45) is 4.99 Å². The maximum atomic E-state index is 12.8. The van der Waals surface area contributed by atoms with Crippen LogP contribution in [0, 0.1) is 0 Å². The Hall–Kier alpha value is -3.17. The third kappa shape index (κ3) is 5.95. The minimum absolute atomic E-state index is 0.00348. The van der Waals surface area contributed by atoms with Crippen LogP contribution in [0.3, 0.4) is 0 Å². The van der Waals surface area contributed by atoms with Gasteiger partial charge in [-0.25, -0.2) is 8.42 Å². The van der Waals surface area contributed by atoms with Gasteiger partial charge in [0.1, 0.15) is 29.2 Å². The van der Waals surface area contributed by atoms with Gasteiger partial charge in [0.2, 0.25) is 0 Å². The van der Waals surface area contributed by atoms with Gasteiger partial charge in [-0.2, -0.15) is 0 Å². The minimum Gasteiger partial charge on any atom is -0.488 e. The Bertz CT molecular complexity index is 1140. The summed E-state index contributed by atoms with van der Waals surface area (Å²) in [7, 11) is -3.31. The van der Waals surface area contributed by atoms with E-state index in [0.717, 1.165) is 0 Å². The van der Waals surface area contributed by atoms with Crippen LogP contribution >= 0.6 is 0 Å². The van der Waals surface area contributed by atoms with Crippen LogP contribution < -0.4 is 14.8 Å². The van der Waals surface area contributed by atoms with Gasteiger partial charge in [-0.1, -0.05) is 13.0 Å². The lowest BCUT2D eigenvalue weighted by atomic mass is 10.2. The molecule has 0 bridgehead atoms. The number of aliphatic hydroxyl groups excluding tert-OH is 1. The number of hydrogen-bond acceptors (Lipinski definition) is 7. The van der Waals surface area contributed by atoms with E-state index in [0.29, 0.717) is 23.1 Å². The van der Waals surface area contributed by atoms with Crippen LogP contribution in [0.25, 0.3) is 0 Å². The minimum atomic E-state index is -3.31. The van der Waals surface area contributed by atoms with Crippen LogP contribution in [0.2, 0.25) is 0 Å². The zero-order chi connectivity index (χ0) is 23.3. The molecule has 170 valence electrons. The first-order valence-corrected chi connectivity index (χ1v) is 11.9. The van der Waals surface area contributed by atoms with E-state index in [1.807, 2.05) is 13.0 Å². The maximum absolute atomic E-state index is 12.8. The number of benzene rings is 2. The zero-order valence-corrected chi connectivity index (χ0v) is 18.9. The Labute approximate surface area is 187 Å². The fourth-order valence-corrected chi connectivity index (χ4v) is 3.80. The summed E-state index contributed by atoms with van der Waals surface area (Å²) in [6.45, 7) is 4.99. The predicted molar refractivity (Wildman–Crippen MR) is 121 cm³/mol. The topological polar surface area (TPSA) is 114 Å². The number of ether oxygens (including phenoxy) is 2. The number of aliphatic imine (C=N–C) groups is 1. The molecule has 0 saturated heterocycles. The zero-order valence-electron chi connectivity index (χ0n) is 18.1. The van der Waals surface area contributed by atoms with Crippen LogP contribution in [0.5, 0.6) is 17.2 Å². The van der Waals surface area contributed by atoms with Gasteiger partial charge in [-0.15, -0.1) is 0 Å². The number of rotatable bonds is 8. The molecule has 0 radical (unpaired) electrons. The standard InChI is InChI=1S/C23H26N2O6S/c1-4-32(28,29)21-8-6-18(7-9-21)31-20-12-17(11-19(13-20)30-16(3)14-26)23(27)25-22-10-5-15(2)24-22/h5-13,15-16,26H,4,14H2,1-3H3,(H,24,25,27). The van der Waals surface area contributed by atoms with E-state index in [4.69, 9.17) is 9.47 Å². The summed E-state index contributed by atoms with van der Waals surface area (Å²) in [5.74, 6) is 1.15. The van der Waals surface area contributed by atoms with E-state index < -0.39 is 15.9 Å². The second-order valence-corrected chi connectivity index (χ2v) is 9.63. The molecule has 1 aliphatic rings. The monoisotopic (exact) mass is 458 g/mol. The van der Waals surface area contributed by atoms with Gasteiger partial charge >= 0.3 is 0 Å². The van der Waals surface area contributed by atoms with Crippen molar-refractivity contribution in [3.63, 3.8) is 0 Å². The van der Waals surface area contributed by atoms with Crippen LogP contribution in [0.1, 0.15) is 31.1 Å². The molecule has 0 spiro atoms. The smallest absolute Gasteiger partial charge is 0.257 e. The van der Waals surface area contributed by atoms with Crippen molar-refractivity contribution >= 4 is 21.6 Å². The molecule has 32 heavy (non-hydrogen) atoms. The van der Waals surface area contributed by atoms with Crippen LogP contribution in [0.15, 0.2) is 64.5 Å². The SMILES string of the molecule is CCS(=O)(=O)c1ccc(Oc2cc(OC(C)CO)cc(C(=O)NC3=NC(C)C=C3)c2)cc1. The number of amides is 1. The lowest BCUT2D eigenvalue weighted by Crippen LogP contribution is -2.28. The van der Waals surface area contributed by atoms with Crippen molar-refractivity contribution in [2.75, 3.05) is 12.4 Å². The van der Waals surface area contributed by atoms with Crippen molar-refractivity contribution in [2.45, 2.75) is 37.8 Å². The first-order valence-electron chi connectivity index (χ1n) is 10.2. The van der Waals surface area contributed by atoms with Gasteiger partial charge in [-0.3, -0.25) is 9.79 Å². The fourth-order valence-electron chi connectivity index (χ4n) is 2.92. The third-order valence-electron chi connectivity index (χ3n) is 4.65. The van der Waals surface area contributed by atoms with Gasteiger partial charge in [0, 0.05) is 11.6 Å². The van der Waals surface area contributed by atoms with Gasteiger partial charge in [0.15, 0.2) is 9.84 Å². The highest BCUT2D eigenvalue weighted by Gasteiger charge is 2.16. The molecule has 2 unspecified atom stereocenters. The number of hydrogen-bond donors (Lipinski definition) is 2. The summed E-state index contributed by atoms with van der Waals surface area (Å²) in [6.07, 6.45) is 3.12. The molecule has 0 fully saturated rings. The first kappa shape index (κ1) is 23.5. The molecule has 0 saturated carbocycles. The highest BCUT2D eigenvalue weighted by molar-refractivity contribution is 7.91. The predicted octanol–water partition coefficient (Wildman–Crippen LogP) is 3.12. The molecule has 8 nitrogen and oxygen atoms in total. The fraction of sp³-hybridized carbons (Fsp3) is 0.304. The summed E-state index contributed by atoms with van der Waals surface area (Å²) < 4.78 is 35.5. The molecule has 2 N–H and O–H groups in total. The van der Waals surface area contributed by atoms with Crippen LogP contribution in [-0.4, -0.2) is 49.8 Å². The third-order valence-corrected chi connectivity index (χ3v) is 6.40. The highest BCUT2D eigenvalue weighted by Crippen LogP contribution is 2.29. The average molecular weight is 459 g/mol. The Balaban J connectivity index is 1.86. The number of carbonyl (C=O) groups is 1. The quantitative estimate of drug-likeness (QED) is 0.628. The van der Waals surface area contributed by atoms with Gasteiger partial charge in [0.05, 0.1) is 23.3 Å². The number of carbonyl (C=O) groups excluding carboxylic acids is 1. The molecular weight excluding hydrogens is 432 g/mol. The number of aliphatic hydroxyl groups is 1. The Kier molecular flexibility index (Phi) is 7.32. The summed E-state index contributed by atoms with van der Waals surface area (Å²) >= 11 is 0. The van der Waals surface area contributed by atoms with Crippen LogP contribution in [-0.2, 0) is 9.84 Å². The van der Waals surface area contributed by atoms with E-state index in [9.17, 15) is 18.3 Å². The first-order chi connectivity index (χ1) is 15.2. The summed E-state index contributed by atoms with van der Waals surface area (Å²) in [5, 5.41) is 12.0. The van der Waals surface area contributed by atoms with Gasteiger partial charge in [-0.05, 0) is 56.3 Å². The Morgan fingerprint density at radius 2 is 1.84 bits per heavy atom. The lowest BCUT2D eigenvalue weighted by Gasteiger charge is -2.15. The Morgan fingerprint density at radius 3 is 2.44 bits per heavy atom. The summed E-state index contributed by atoms with van der Waals surface area (Å²) in [6, 6.07) is 10.7. The molecule has 0 aliphatic carbocycles. The summed E-state index contributed by atoms with van der Waals surface area (Å²) in [5.41, 5.74) is 0.281. The number of sulfone groups is 1. The Morgan fingerprint density at radius 1 is 1.16 bits per heavy atom. The molecule has 3 rings (SSSR count). The largest absolute Gasteiger partial charge is 0.488 e. The van der Waals surface area contributed by atoms with Crippen molar-refractivity contribution in [1.29, 1.82) is 0 Å². The molecule has 0 aromatic heterocycles. The number of nitrogens with one attached hydrogen (secondary N) is 1. The lowest BCUT2D eigenvalue weighted by molar-refractivity contribution is 0.0975. The molecular formula is C23H26N2O6S. The average Bonchev–Trinajstić information content (AvgIpc) is 3.18. The van der Waals surface area contributed by atoms with Crippen molar-refractivity contribution in [1.82, 2.24) is 5.32 Å². The second-order valence-electron chi connectivity index (χ2n) is 7.35. The number of nitrogens with zero attached hydrogens (tertiary/aromatic N) is 1. The van der Waals surface area contributed by atoms with Crippen molar-refractivity contribution in [3.8, 4) is 17.2 Å². The molecule has 1 amide bonds. The van der Waals surface area contributed by atoms with E-state index in [2.05, 4.69) is 10.3 Å². The molecule has 2 aromatic carbocycles. The molecule has 2 aromatic rings. The molecule has 9 heteroatoms. The second kappa shape index (κ2) is 9.97. The van der Waals surface area contributed by atoms with Crippen molar-refractivity contribution < 1.29 is 27.8 Å². The number of amidine groups is 1. The summed E-state index contributed by atoms with van der Waals surface area (Å²) in [4.78, 5) is 17.3. The van der Waals surface area contributed by atoms with E-state index >= 15 is 0 Å². The molecule has 1 aliphatic heterocycles. The van der Waals surface area contributed by atoms with Gasteiger partial charge in [0.25, 0.3) is 5.91 Å². The highest BCUT2D eigenvalue weighted by atomic mass is 32.2. The molecule has 1 heterocycles. The van der Waals surface area contributed by atoms with Crippen LogP contribution in [0.4, 0.5) is 0 Å². The maximum Gasteiger partial charge on any atom is 0.257 e.